The van der Waals surface area contributed by atoms with Crippen LogP contribution in [0.4, 0.5) is 0 Å². The minimum atomic E-state index is -0.434. The molecule has 2 heteroatoms. The number of carbonyl (C=O) groups is 1. The van der Waals surface area contributed by atoms with E-state index in [1.54, 1.807) is 0 Å². The third-order valence-corrected chi connectivity index (χ3v) is 3.59. The monoisotopic (exact) mass is 168 g/mol. The van der Waals surface area contributed by atoms with Gasteiger partial charge in [0.1, 0.15) is 5.78 Å². The van der Waals surface area contributed by atoms with E-state index in [2.05, 4.69) is 0 Å². The topological polar surface area (TPSA) is 37.3 Å². The highest BCUT2D eigenvalue weighted by atomic mass is 16.3. The van der Waals surface area contributed by atoms with Gasteiger partial charge in [0.15, 0.2) is 0 Å². The first-order chi connectivity index (χ1) is 5.63. The number of rotatable bonds is 1. The van der Waals surface area contributed by atoms with Crippen LogP contribution in [-0.2, 0) is 4.79 Å². The van der Waals surface area contributed by atoms with Gasteiger partial charge in [-0.05, 0) is 31.1 Å². The molecule has 0 saturated heterocycles. The molecule has 0 aliphatic heterocycles. The maximum Gasteiger partial charge on any atom is 0.133 e. The van der Waals surface area contributed by atoms with Crippen LogP contribution in [-0.4, -0.2) is 16.5 Å². The van der Waals surface area contributed by atoms with Crippen LogP contribution in [0.2, 0.25) is 0 Å². The molecular weight excluding hydrogens is 152 g/mol. The smallest absolute Gasteiger partial charge is 0.133 e. The van der Waals surface area contributed by atoms with E-state index in [1.807, 2.05) is 6.92 Å². The Labute approximate surface area is 73.0 Å². The normalized spacial score (nSPS) is 46.7. The molecule has 2 fully saturated rings. The Kier molecular flexibility index (Phi) is 1.76. The Morgan fingerprint density at radius 1 is 1.42 bits per heavy atom. The van der Waals surface area contributed by atoms with Crippen LogP contribution in [0.5, 0.6) is 0 Å². The largest absolute Gasteiger partial charge is 0.390 e. The van der Waals surface area contributed by atoms with Gasteiger partial charge in [-0.1, -0.05) is 6.92 Å². The van der Waals surface area contributed by atoms with Gasteiger partial charge in [-0.3, -0.25) is 4.79 Å². The fourth-order valence-corrected chi connectivity index (χ4v) is 2.83. The number of hydrogen-bond acceptors (Lipinski definition) is 2. The maximum atomic E-state index is 11.1. The van der Waals surface area contributed by atoms with E-state index < -0.39 is 5.60 Å². The molecule has 0 unspecified atom stereocenters. The first-order valence-electron chi connectivity index (χ1n) is 4.87. The predicted octanol–water partition coefficient (Wildman–Crippen LogP) is 1.52. The molecule has 0 bridgehead atoms. The summed E-state index contributed by atoms with van der Waals surface area (Å²) in [4.78, 5) is 11.1. The van der Waals surface area contributed by atoms with Crippen LogP contribution < -0.4 is 0 Å². The zero-order valence-corrected chi connectivity index (χ0v) is 7.55. The van der Waals surface area contributed by atoms with Crippen LogP contribution in [0, 0.1) is 11.8 Å². The lowest BCUT2D eigenvalue weighted by atomic mass is 9.95. The number of fused-ring (bicyclic) bond motifs is 1. The third-order valence-electron chi connectivity index (χ3n) is 3.59. The van der Waals surface area contributed by atoms with Crippen molar-refractivity contribution in [2.24, 2.45) is 11.8 Å². The molecule has 12 heavy (non-hydrogen) atoms. The quantitative estimate of drug-likeness (QED) is 0.644. The number of aliphatic hydroxyl groups is 1. The van der Waals surface area contributed by atoms with Gasteiger partial charge in [0.05, 0.1) is 5.60 Å². The second-order valence-electron chi connectivity index (χ2n) is 4.45. The van der Waals surface area contributed by atoms with Crippen molar-refractivity contribution in [3.63, 3.8) is 0 Å². The second-order valence-corrected chi connectivity index (χ2v) is 4.45. The molecule has 0 aromatic heterocycles. The van der Waals surface area contributed by atoms with Crippen molar-refractivity contribution >= 4 is 5.78 Å². The van der Waals surface area contributed by atoms with Crippen molar-refractivity contribution < 1.29 is 9.90 Å². The fourth-order valence-electron chi connectivity index (χ4n) is 2.83. The van der Waals surface area contributed by atoms with E-state index in [1.165, 1.54) is 0 Å². The minimum absolute atomic E-state index is 0.406. The summed E-state index contributed by atoms with van der Waals surface area (Å²) >= 11 is 0. The SMILES string of the molecule is CC[C@@]1(O)C[C@H]2CC(=O)C[C@H]2C1. The highest BCUT2D eigenvalue weighted by Crippen LogP contribution is 2.48. The summed E-state index contributed by atoms with van der Waals surface area (Å²) in [5, 5.41) is 9.98. The lowest BCUT2D eigenvalue weighted by Gasteiger charge is -2.20. The first-order valence-corrected chi connectivity index (χ1v) is 4.87. The minimum Gasteiger partial charge on any atom is -0.390 e. The average molecular weight is 168 g/mol. The molecule has 68 valence electrons. The Bertz CT molecular complexity index is 194. The second kappa shape index (κ2) is 2.56. The van der Waals surface area contributed by atoms with Gasteiger partial charge < -0.3 is 5.11 Å². The zero-order chi connectivity index (χ0) is 8.77. The van der Waals surface area contributed by atoms with Crippen molar-refractivity contribution in [1.29, 1.82) is 0 Å². The number of ketones is 1. The van der Waals surface area contributed by atoms with Crippen molar-refractivity contribution in [3.8, 4) is 0 Å². The van der Waals surface area contributed by atoms with Crippen LogP contribution in [0.3, 0.4) is 0 Å². The van der Waals surface area contributed by atoms with E-state index in [-0.39, 0.29) is 0 Å². The fraction of sp³-hybridized carbons (Fsp3) is 0.900. The molecule has 0 amide bonds. The molecule has 0 aromatic rings. The summed E-state index contributed by atoms with van der Waals surface area (Å²) in [5.74, 6) is 1.41. The van der Waals surface area contributed by atoms with Crippen LogP contribution in [0.15, 0.2) is 0 Å². The number of hydrogen-bond donors (Lipinski definition) is 1. The Morgan fingerprint density at radius 3 is 2.33 bits per heavy atom. The van der Waals surface area contributed by atoms with E-state index in [0.29, 0.717) is 17.6 Å². The summed E-state index contributed by atoms with van der Waals surface area (Å²) in [5.41, 5.74) is -0.434. The lowest BCUT2D eigenvalue weighted by Crippen LogP contribution is -2.24. The van der Waals surface area contributed by atoms with E-state index in [4.69, 9.17) is 0 Å². The summed E-state index contributed by atoms with van der Waals surface area (Å²) in [6.07, 6.45) is 4.02. The van der Waals surface area contributed by atoms with Crippen molar-refractivity contribution in [2.75, 3.05) is 0 Å². The van der Waals surface area contributed by atoms with Crippen LogP contribution in [0.1, 0.15) is 39.0 Å². The van der Waals surface area contributed by atoms with E-state index >= 15 is 0 Å². The molecule has 1 N–H and O–H groups in total. The summed E-state index contributed by atoms with van der Waals surface area (Å²) in [7, 11) is 0. The predicted molar refractivity (Wildman–Crippen MR) is 45.7 cm³/mol. The van der Waals surface area contributed by atoms with Crippen molar-refractivity contribution in [1.82, 2.24) is 0 Å². The van der Waals surface area contributed by atoms with Crippen LogP contribution in [0.25, 0.3) is 0 Å². The third kappa shape index (κ3) is 1.18. The molecule has 0 aromatic carbocycles. The van der Waals surface area contributed by atoms with Gasteiger partial charge in [0.2, 0.25) is 0 Å². The number of Topliss-reactive ketones (excluding diaryl/α,β-unsaturated/α-hetero) is 1. The molecule has 0 spiro atoms. The van der Waals surface area contributed by atoms with E-state index in [0.717, 1.165) is 32.1 Å². The standard InChI is InChI=1S/C10H16O2/c1-2-10(12)5-7-3-9(11)4-8(7)6-10/h7-8,12H,2-6H2,1H3/t7-,8+,10-. The van der Waals surface area contributed by atoms with E-state index in [9.17, 15) is 9.90 Å². The molecular formula is C10H16O2. The first kappa shape index (κ1) is 8.24. The molecule has 2 nitrogen and oxygen atoms in total. The van der Waals surface area contributed by atoms with Gasteiger partial charge in [0, 0.05) is 12.8 Å². The van der Waals surface area contributed by atoms with Gasteiger partial charge >= 0.3 is 0 Å². The Morgan fingerprint density at radius 2 is 1.92 bits per heavy atom. The average Bonchev–Trinajstić information content (AvgIpc) is 2.42. The number of carbonyl (C=O) groups excluding carboxylic acids is 1. The summed E-state index contributed by atoms with van der Waals surface area (Å²) in [6.45, 7) is 2.03. The van der Waals surface area contributed by atoms with Gasteiger partial charge in [-0.25, -0.2) is 0 Å². The zero-order valence-electron chi connectivity index (χ0n) is 7.55. The van der Waals surface area contributed by atoms with Gasteiger partial charge in [0.25, 0.3) is 0 Å². The Hall–Kier alpha value is -0.370. The highest BCUT2D eigenvalue weighted by Gasteiger charge is 2.47. The van der Waals surface area contributed by atoms with Crippen molar-refractivity contribution in [3.05, 3.63) is 0 Å². The van der Waals surface area contributed by atoms with Gasteiger partial charge in [-0.15, -0.1) is 0 Å². The lowest BCUT2D eigenvalue weighted by molar-refractivity contribution is -0.118. The summed E-state index contributed by atoms with van der Waals surface area (Å²) in [6, 6.07) is 0. The van der Waals surface area contributed by atoms with Gasteiger partial charge in [-0.2, -0.15) is 0 Å². The molecule has 0 heterocycles. The maximum absolute atomic E-state index is 11.1. The van der Waals surface area contributed by atoms with Crippen molar-refractivity contribution in [2.45, 2.75) is 44.6 Å². The summed E-state index contributed by atoms with van der Waals surface area (Å²) < 4.78 is 0. The molecule has 2 rings (SSSR count). The Balaban J connectivity index is 2.06. The highest BCUT2D eigenvalue weighted by molar-refractivity contribution is 5.81. The molecule has 2 aliphatic rings. The molecule has 0 radical (unpaired) electrons. The van der Waals surface area contributed by atoms with Crippen LogP contribution >= 0.6 is 0 Å². The molecule has 2 saturated carbocycles. The molecule has 3 atom stereocenters. The molecule has 2 aliphatic carbocycles.